The lowest BCUT2D eigenvalue weighted by molar-refractivity contribution is -0.121. The Morgan fingerprint density at radius 1 is 1.10 bits per heavy atom. The molecule has 1 amide bonds. The number of aryl methyl sites for hydroxylation is 3. The van der Waals surface area contributed by atoms with E-state index in [4.69, 9.17) is 0 Å². The number of nitrogens with one attached hydrogen (secondary N) is 1. The van der Waals surface area contributed by atoms with E-state index in [1.807, 2.05) is 25.1 Å². The Labute approximate surface area is 186 Å². The van der Waals surface area contributed by atoms with Crippen LogP contribution < -0.4 is 9.62 Å². The molecular weight excluding hydrogens is 408 g/mol. The van der Waals surface area contributed by atoms with E-state index in [-0.39, 0.29) is 18.5 Å². The highest BCUT2D eigenvalue weighted by Gasteiger charge is 2.19. The molecule has 0 fully saturated rings. The van der Waals surface area contributed by atoms with E-state index in [1.54, 1.807) is 6.07 Å². The monoisotopic (exact) mass is 442 g/mol. The smallest absolute Gasteiger partial charge is 0.232 e. The van der Waals surface area contributed by atoms with E-state index < -0.39 is 10.0 Å². The van der Waals surface area contributed by atoms with Crippen LogP contribution in [0.2, 0.25) is 0 Å². The van der Waals surface area contributed by atoms with Gasteiger partial charge in [0, 0.05) is 13.0 Å². The summed E-state index contributed by atoms with van der Waals surface area (Å²) in [5.74, 6) is -0.0396. The van der Waals surface area contributed by atoms with Crippen LogP contribution in [0.25, 0.3) is 0 Å². The van der Waals surface area contributed by atoms with Gasteiger partial charge in [-0.05, 0) is 79.8 Å². The molecule has 0 heterocycles. The number of amides is 1. The minimum atomic E-state index is -3.41. The summed E-state index contributed by atoms with van der Waals surface area (Å²) < 4.78 is 25.9. The van der Waals surface area contributed by atoms with Gasteiger partial charge < -0.3 is 5.32 Å². The van der Waals surface area contributed by atoms with Crippen molar-refractivity contribution in [1.29, 1.82) is 0 Å². The first kappa shape index (κ1) is 23.3. The van der Waals surface area contributed by atoms with Crippen LogP contribution in [0.15, 0.2) is 42.5 Å². The highest BCUT2D eigenvalue weighted by Crippen LogP contribution is 2.26. The highest BCUT2D eigenvalue weighted by atomic mass is 32.2. The van der Waals surface area contributed by atoms with Gasteiger partial charge in [-0.1, -0.05) is 37.3 Å². The summed E-state index contributed by atoms with van der Waals surface area (Å²) in [6.07, 6.45) is 7.55. The summed E-state index contributed by atoms with van der Waals surface area (Å²) in [5.41, 5.74) is 5.66. The SMILES string of the molecule is CC[C@H](NC(=O)CCCN(c1cccc(C)c1)S(C)(=O)=O)c1ccc2c(c1)CCCC2. The fraction of sp³-hybridized carbons (Fsp3) is 0.480. The third-order valence-corrected chi connectivity index (χ3v) is 7.17. The van der Waals surface area contributed by atoms with Gasteiger partial charge in [-0.3, -0.25) is 9.10 Å². The Morgan fingerprint density at radius 3 is 2.52 bits per heavy atom. The average molecular weight is 443 g/mol. The Balaban J connectivity index is 1.59. The molecule has 1 N–H and O–H groups in total. The number of fused-ring (bicyclic) bond motifs is 1. The van der Waals surface area contributed by atoms with Crippen LogP contribution in [0, 0.1) is 6.92 Å². The molecule has 3 rings (SSSR count). The molecule has 0 saturated heterocycles. The molecule has 1 aliphatic rings. The Morgan fingerprint density at radius 2 is 1.84 bits per heavy atom. The second-order valence-corrected chi connectivity index (χ2v) is 10.4. The summed E-state index contributed by atoms with van der Waals surface area (Å²) in [6.45, 7) is 4.29. The minimum absolute atomic E-state index is 0.0116. The van der Waals surface area contributed by atoms with Crippen molar-refractivity contribution < 1.29 is 13.2 Å². The molecule has 6 heteroatoms. The van der Waals surface area contributed by atoms with Gasteiger partial charge >= 0.3 is 0 Å². The standard InChI is InChI=1S/C25H34N2O3S/c1-4-24(22-15-14-20-10-5-6-11-21(20)18-22)26-25(28)13-8-16-27(31(3,29)30)23-12-7-9-19(2)17-23/h7,9,12,14-15,17-18,24H,4-6,8,10-11,13,16H2,1-3H3,(H,26,28)/t24-/m0/s1. The fourth-order valence-corrected chi connectivity index (χ4v) is 5.27. The molecule has 2 aromatic rings. The third-order valence-electron chi connectivity index (χ3n) is 5.97. The zero-order chi connectivity index (χ0) is 22.4. The van der Waals surface area contributed by atoms with Gasteiger partial charge in [0.25, 0.3) is 0 Å². The fourth-order valence-electron chi connectivity index (χ4n) is 4.31. The average Bonchev–Trinajstić information content (AvgIpc) is 2.73. The van der Waals surface area contributed by atoms with Crippen molar-refractivity contribution in [1.82, 2.24) is 5.32 Å². The van der Waals surface area contributed by atoms with Gasteiger partial charge in [-0.15, -0.1) is 0 Å². The molecule has 1 aliphatic carbocycles. The quantitative estimate of drug-likeness (QED) is 0.613. The van der Waals surface area contributed by atoms with Crippen LogP contribution in [-0.4, -0.2) is 27.1 Å². The maximum absolute atomic E-state index is 12.6. The van der Waals surface area contributed by atoms with Crippen molar-refractivity contribution in [3.63, 3.8) is 0 Å². The predicted octanol–water partition coefficient (Wildman–Crippen LogP) is 4.69. The summed E-state index contributed by atoms with van der Waals surface area (Å²) in [6, 6.07) is 14.0. The van der Waals surface area contributed by atoms with Crippen molar-refractivity contribution in [3.8, 4) is 0 Å². The molecule has 31 heavy (non-hydrogen) atoms. The van der Waals surface area contributed by atoms with E-state index in [9.17, 15) is 13.2 Å². The molecular formula is C25H34N2O3S. The normalized spacial score (nSPS) is 14.5. The molecule has 0 aliphatic heterocycles. The number of nitrogens with zero attached hydrogens (tertiary/aromatic N) is 1. The highest BCUT2D eigenvalue weighted by molar-refractivity contribution is 7.92. The van der Waals surface area contributed by atoms with Crippen molar-refractivity contribution in [3.05, 3.63) is 64.7 Å². The molecule has 0 radical (unpaired) electrons. The minimum Gasteiger partial charge on any atom is -0.349 e. The first-order valence-electron chi connectivity index (χ1n) is 11.2. The summed E-state index contributed by atoms with van der Waals surface area (Å²) >= 11 is 0. The first-order chi connectivity index (χ1) is 14.8. The van der Waals surface area contributed by atoms with Crippen LogP contribution in [-0.2, 0) is 27.7 Å². The van der Waals surface area contributed by atoms with Gasteiger partial charge in [-0.25, -0.2) is 8.42 Å². The number of anilines is 1. The number of hydrogen-bond acceptors (Lipinski definition) is 3. The van der Waals surface area contributed by atoms with Crippen molar-refractivity contribution in [2.75, 3.05) is 17.1 Å². The predicted molar refractivity (Wildman–Crippen MR) is 127 cm³/mol. The summed E-state index contributed by atoms with van der Waals surface area (Å²) in [7, 11) is -3.41. The molecule has 0 unspecified atom stereocenters. The lowest BCUT2D eigenvalue weighted by atomic mass is 9.89. The molecule has 2 aromatic carbocycles. The molecule has 0 saturated carbocycles. The number of benzene rings is 2. The van der Waals surface area contributed by atoms with Crippen LogP contribution in [0.1, 0.15) is 67.3 Å². The second-order valence-electron chi connectivity index (χ2n) is 8.54. The van der Waals surface area contributed by atoms with Gasteiger partial charge in [0.15, 0.2) is 0 Å². The van der Waals surface area contributed by atoms with Crippen LogP contribution in [0.5, 0.6) is 0 Å². The van der Waals surface area contributed by atoms with Gasteiger partial charge in [-0.2, -0.15) is 0 Å². The van der Waals surface area contributed by atoms with E-state index in [1.165, 1.54) is 34.5 Å². The topological polar surface area (TPSA) is 66.5 Å². The Bertz CT molecular complexity index is 1020. The van der Waals surface area contributed by atoms with Crippen molar-refractivity contribution in [2.45, 2.75) is 64.8 Å². The van der Waals surface area contributed by atoms with Crippen molar-refractivity contribution >= 4 is 21.6 Å². The molecule has 168 valence electrons. The maximum Gasteiger partial charge on any atom is 0.232 e. The second kappa shape index (κ2) is 10.3. The first-order valence-corrected chi connectivity index (χ1v) is 13.1. The molecule has 0 aromatic heterocycles. The number of hydrogen-bond donors (Lipinski definition) is 1. The summed E-state index contributed by atoms with van der Waals surface area (Å²) in [4.78, 5) is 12.6. The van der Waals surface area contributed by atoms with Crippen LogP contribution in [0.3, 0.4) is 0 Å². The zero-order valence-electron chi connectivity index (χ0n) is 18.9. The lowest BCUT2D eigenvalue weighted by Gasteiger charge is -2.23. The number of carbonyl (C=O) groups excluding carboxylic acids is 1. The van der Waals surface area contributed by atoms with E-state index in [2.05, 4.69) is 30.4 Å². The van der Waals surface area contributed by atoms with Gasteiger partial charge in [0.1, 0.15) is 0 Å². The lowest BCUT2D eigenvalue weighted by Crippen LogP contribution is -2.33. The Hall–Kier alpha value is -2.34. The number of sulfonamides is 1. The number of carbonyl (C=O) groups is 1. The summed E-state index contributed by atoms with van der Waals surface area (Å²) in [5, 5.41) is 3.14. The largest absolute Gasteiger partial charge is 0.349 e. The molecule has 0 bridgehead atoms. The maximum atomic E-state index is 12.6. The van der Waals surface area contributed by atoms with Crippen molar-refractivity contribution in [2.24, 2.45) is 0 Å². The third kappa shape index (κ3) is 6.33. The molecule has 5 nitrogen and oxygen atoms in total. The van der Waals surface area contributed by atoms with Crippen LogP contribution >= 0.6 is 0 Å². The Kier molecular flexibility index (Phi) is 7.76. The van der Waals surface area contributed by atoms with Gasteiger partial charge in [0.05, 0.1) is 18.0 Å². The zero-order valence-corrected chi connectivity index (χ0v) is 19.7. The molecule has 0 spiro atoms. The molecule has 1 atom stereocenters. The van der Waals surface area contributed by atoms with E-state index in [0.717, 1.165) is 30.4 Å². The van der Waals surface area contributed by atoms with Crippen LogP contribution in [0.4, 0.5) is 5.69 Å². The van der Waals surface area contributed by atoms with E-state index in [0.29, 0.717) is 18.5 Å². The van der Waals surface area contributed by atoms with E-state index >= 15 is 0 Å². The number of rotatable bonds is 9. The van der Waals surface area contributed by atoms with Gasteiger partial charge in [0.2, 0.25) is 15.9 Å².